The summed E-state index contributed by atoms with van der Waals surface area (Å²) in [5.74, 6) is 1.98. The van der Waals surface area contributed by atoms with Gasteiger partial charge < -0.3 is 24.1 Å². The highest BCUT2D eigenvalue weighted by molar-refractivity contribution is 14.0. The monoisotopic (exact) mass is 557 g/mol. The van der Waals surface area contributed by atoms with Crippen molar-refractivity contribution in [3.63, 3.8) is 0 Å². The molecule has 0 aromatic heterocycles. The van der Waals surface area contributed by atoms with Crippen molar-refractivity contribution in [2.45, 2.75) is 37.8 Å². The van der Waals surface area contributed by atoms with Gasteiger partial charge in [0.1, 0.15) is 0 Å². The van der Waals surface area contributed by atoms with Crippen LogP contribution in [0.25, 0.3) is 0 Å². The minimum atomic E-state index is -0.775. The number of carboxylic acid groups (broad SMARTS) is 1. The maximum atomic E-state index is 11.2. The van der Waals surface area contributed by atoms with Gasteiger partial charge in [0, 0.05) is 18.5 Å². The van der Waals surface area contributed by atoms with Gasteiger partial charge in [0.2, 0.25) is 0 Å². The van der Waals surface area contributed by atoms with Crippen LogP contribution in [0.4, 0.5) is 0 Å². The zero-order valence-corrected chi connectivity index (χ0v) is 21.5. The van der Waals surface area contributed by atoms with Crippen LogP contribution in [-0.2, 0) is 17.6 Å². The Bertz CT molecular complexity index is 935. The number of halogens is 1. The van der Waals surface area contributed by atoms with Crippen molar-refractivity contribution < 1.29 is 28.8 Å². The van der Waals surface area contributed by atoms with Gasteiger partial charge in [0.25, 0.3) is 0 Å². The first-order chi connectivity index (χ1) is 14.9. The molecule has 1 aliphatic rings. The predicted molar refractivity (Wildman–Crippen MR) is 133 cm³/mol. The molecule has 0 fully saturated rings. The number of carbonyl (C=O) groups is 1. The zero-order valence-electron chi connectivity index (χ0n) is 19.2. The number of methoxy groups -OCH3 is 4. The molecule has 1 aliphatic heterocycles. The molecule has 2 atom stereocenters. The highest BCUT2D eigenvalue weighted by atomic mass is 127. The number of fused-ring (bicyclic) bond motifs is 1. The first-order valence-electron chi connectivity index (χ1n) is 10.3. The number of rotatable bonds is 9. The fourth-order valence-electron chi connectivity index (χ4n) is 4.38. The van der Waals surface area contributed by atoms with Gasteiger partial charge in [-0.05, 0) is 67.3 Å². The summed E-state index contributed by atoms with van der Waals surface area (Å²) >= 11 is 0. The summed E-state index contributed by atoms with van der Waals surface area (Å²) < 4.78 is 21.9. The lowest BCUT2D eigenvalue weighted by atomic mass is 9.84. The summed E-state index contributed by atoms with van der Waals surface area (Å²) in [7, 11) is 8.58. The lowest BCUT2D eigenvalue weighted by Gasteiger charge is -2.41. The molecule has 2 aromatic rings. The molecule has 0 aliphatic carbocycles. The molecule has 3 rings (SSSR count). The maximum absolute atomic E-state index is 11.2. The normalized spacial score (nSPS) is 17.7. The quantitative estimate of drug-likeness (QED) is 0.460. The molecule has 2 unspecified atom stereocenters. The Morgan fingerprint density at radius 3 is 2.16 bits per heavy atom. The average Bonchev–Trinajstić information content (AvgIpc) is 2.78. The van der Waals surface area contributed by atoms with Crippen LogP contribution in [0.15, 0.2) is 30.3 Å². The third kappa shape index (κ3) is 5.58. The lowest BCUT2D eigenvalue weighted by Crippen LogP contribution is -2.42. The fraction of sp³-hybridized carbons (Fsp3) is 0.458. The smallest absolute Gasteiger partial charge is 0.303 e. The molecular formula is C24H32INO6. The Labute approximate surface area is 206 Å². The van der Waals surface area contributed by atoms with E-state index in [1.165, 1.54) is 5.56 Å². The van der Waals surface area contributed by atoms with Crippen molar-refractivity contribution in [2.24, 2.45) is 0 Å². The molecule has 1 N–H and O–H groups in total. The van der Waals surface area contributed by atoms with E-state index in [1.807, 2.05) is 30.3 Å². The second-order valence-corrected chi connectivity index (χ2v) is 7.77. The van der Waals surface area contributed by atoms with E-state index in [2.05, 4.69) is 11.9 Å². The molecule has 0 radical (unpaired) electrons. The number of likely N-dealkylation sites (N-methyl/N-ethyl adjacent to an activating group) is 1. The Morgan fingerprint density at radius 1 is 0.969 bits per heavy atom. The number of nitrogens with zero attached hydrogens (tertiary/aromatic N) is 1. The third-order valence-corrected chi connectivity index (χ3v) is 6.10. The van der Waals surface area contributed by atoms with Crippen LogP contribution in [-0.4, -0.2) is 57.5 Å². The largest absolute Gasteiger partial charge is 0.493 e. The number of hydrogen-bond donors (Lipinski definition) is 1. The molecule has 0 saturated carbocycles. The van der Waals surface area contributed by atoms with Gasteiger partial charge in [-0.15, -0.1) is 24.0 Å². The number of benzene rings is 2. The van der Waals surface area contributed by atoms with Crippen molar-refractivity contribution in [1.29, 1.82) is 0 Å². The van der Waals surface area contributed by atoms with Gasteiger partial charge in [-0.2, -0.15) is 0 Å². The summed E-state index contributed by atoms with van der Waals surface area (Å²) in [5.41, 5.74) is 3.44. The molecule has 0 spiro atoms. The Kier molecular flexibility index (Phi) is 9.45. The molecule has 2 aromatic carbocycles. The third-order valence-electron chi connectivity index (χ3n) is 6.10. The molecule has 0 bridgehead atoms. The topological polar surface area (TPSA) is 77.5 Å². The molecule has 176 valence electrons. The first-order valence-corrected chi connectivity index (χ1v) is 10.3. The van der Waals surface area contributed by atoms with E-state index >= 15 is 0 Å². The summed E-state index contributed by atoms with van der Waals surface area (Å²) in [6.45, 7) is 0. The average molecular weight is 557 g/mol. The maximum Gasteiger partial charge on any atom is 0.303 e. The van der Waals surface area contributed by atoms with Crippen molar-refractivity contribution >= 4 is 29.9 Å². The summed E-state index contributed by atoms with van der Waals surface area (Å²) in [6, 6.07) is 10.2. The fourth-order valence-corrected chi connectivity index (χ4v) is 4.38. The molecule has 32 heavy (non-hydrogen) atoms. The van der Waals surface area contributed by atoms with E-state index in [1.54, 1.807) is 28.4 Å². The van der Waals surface area contributed by atoms with Gasteiger partial charge in [-0.25, -0.2) is 0 Å². The van der Waals surface area contributed by atoms with E-state index in [0.29, 0.717) is 29.4 Å². The highest BCUT2D eigenvalue weighted by Gasteiger charge is 2.33. The van der Waals surface area contributed by atoms with Crippen molar-refractivity contribution in [3.8, 4) is 23.0 Å². The van der Waals surface area contributed by atoms with E-state index in [9.17, 15) is 9.90 Å². The van der Waals surface area contributed by atoms with Crippen LogP contribution in [0.5, 0.6) is 23.0 Å². The molecule has 7 nitrogen and oxygen atoms in total. The van der Waals surface area contributed by atoms with E-state index < -0.39 is 5.97 Å². The molecule has 8 heteroatoms. The predicted octanol–water partition coefficient (Wildman–Crippen LogP) is 4.34. The highest BCUT2D eigenvalue weighted by Crippen LogP contribution is 2.42. The van der Waals surface area contributed by atoms with Crippen molar-refractivity contribution in [1.82, 2.24) is 4.90 Å². The summed E-state index contributed by atoms with van der Waals surface area (Å²) in [4.78, 5) is 13.5. The van der Waals surface area contributed by atoms with E-state index in [4.69, 9.17) is 18.9 Å². The van der Waals surface area contributed by atoms with Gasteiger partial charge in [0.05, 0.1) is 28.4 Å². The summed E-state index contributed by atoms with van der Waals surface area (Å²) in [5, 5.41) is 9.20. The van der Waals surface area contributed by atoms with Crippen LogP contribution >= 0.6 is 24.0 Å². The van der Waals surface area contributed by atoms with Gasteiger partial charge in [-0.1, -0.05) is 6.07 Å². The Hall–Kier alpha value is -2.20. The second-order valence-electron chi connectivity index (χ2n) is 7.77. The SMILES string of the molecule is COc1ccc(CC2c3cc(OC)c(OC)cc3CC(CCC(=O)O)N2C)cc1OC.I. The molecule has 0 saturated heterocycles. The van der Waals surface area contributed by atoms with E-state index in [-0.39, 0.29) is 42.5 Å². The van der Waals surface area contributed by atoms with Gasteiger partial charge >= 0.3 is 5.97 Å². The standard InChI is InChI=1S/C24H31NO6.HI/c1-25-17(7-9-24(26)27)12-16-13-22(30-4)23(31-5)14-18(16)19(25)10-15-6-8-20(28-2)21(11-15)29-3;/h6,8,11,13-14,17,19H,7,9-10,12H2,1-5H3,(H,26,27);1H. The summed E-state index contributed by atoms with van der Waals surface area (Å²) in [6.07, 6.45) is 2.23. The molecular weight excluding hydrogens is 525 g/mol. The van der Waals surface area contributed by atoms with Crippen LogP contribution in [0, 0.1) is 0 Å². The van der Waals surface area contributed by atoms with Gasteiger partial charge in [-0.3, -0.25) is 9.69 Å². The Morgan fingerprint density at radius 2 is 1.56 bits per heavy atom. The van der Waals surface area contributed by atoms with Crippen LogP contribution in [0.2, 0.25) is 0 Å². The minimum absolute atomic E-state index is 0. The number of ether oxygens (including phenoxy) is 4. The van der Waals surface area contributed by atoms with Crippen LogP contribution in [0.3, 0.4) is 0 Å². The lowest BCUT2D eigenvalue weighted by molar-refractivity contribution is -0.137. The molecule has 1 heterocycles. The van der Waals surface area contributed by atoms with Crippen molar-refractivity contribution in [2.75, 3.05) is 35.5 Å². The van der Waals surface area contributed by atoms with E-state index in [0.717, 1.165) is 24.0 Å². The minimum Gasteiger partial charge on any atom is -0.493 e. The number of hydrogen-bond acceptors (Lipinski definition) is 6. The molecule has 0 amide bonds. The van der Waals surface area contributed by atoms with Gasteiger partial charge in [0.15, 0.2) is 23.0 Å². The van der Waals surface area contributed by atoms with Crippen LogP contribution < -0.4 is 18.9 Å². The Balaban J connectivity index is 0.00000363. The number of carboxylic acids is 1. The second kappa shape index (κ2) is 11.6. The van der Waals surface area contributed by atoms with Crippen molar-refractivity contribution in [3.05, 3.63) is 47.0 Å². The number of aliphatic carboxylic acids is 1. The van der Waals surface area contributed by atoms with Crippen LogP contribution in [0.1, 0.15) is 35.6 Å². The first kappa shape index (κ1) is 26.1. The zero-order chi connectivity index (χ0) is 22.5.